The van der Waals surface area contributed by atoms with Crippen molar-refractivity contribution in [2.24, 2.45) is 0 Å². The van der Waals surface area contributed by atoms with Crippen LogP contribution in [0, 0.1) is 13.8 Å². The van der Waals surface area contributed by atoms with Gasteiger partial charge in [-0.25, -0.2) is 0 Å². The second kappa shape index (κ2) is 6.09. The molecule has 0 radical (unpaired) electrons. The molecule has 1 aromatic rings. The first-order valence-corrected chi connectivity index (χ1v) is 5.61. The lowest BCUT2D eigenvalue weighted by Gasteiger charge is -2.12. The van der Waals surface area contributed by atoms with E-state index in [0.29, 0.717) is 0 Å². The Labute approximate surface area is 102 Å². The molecule has 0 aliphatic carbocycles. The van der Waals surface area contributed by atoms with Crippen LogP contribution in [0.25, 0.3) is 0 Å². The van der Waals surface area contributed by atoms with Crippen molar-refractivity contribution in [3.8, 4) is 0 Å². The average Bonchev–Trinajstić information content (AvgIpc) is 2.25. The number of hydrogen-bond acceptors (Lipinski definition) is 3. The van der Waals surface area contributed by atoms with Gasteiger partial charge in [-0.05, 0) is 37.5 Å². The lowest BCUT2D eigenvalue weighted by molar-refractivity contribution is -0.140. The van der Waals surface area contributed by atoms with E-state index in [1.807, 2.05) is 39.0 Å². The Morgan fingerprint density at radius 2 is 1.94 bits per heavy atom. The number of esters is 1. The summed E-state index contributed by atoms with van der Waals surface area (Å²) in [4.78, 5) is 11.4. The highest BCUT2D eigenvalue weighted by Gasteiger charge is 2.05. The van der Waals surface area contributed by atoms with Gasteiger partial charge in [0.1, 0.15) is 13.2 Å². The topological polar surface area (TPSA) is 38.3 Å². The highest BCUT2D eigenvalue weighted by atomic mass is 16.5. The summed E-state index contributed by atoms with van der Waals surface area (Å²) in [5.41, 5.74) is 4.08. The van der Waals surface area contributed by atoms with E-state index in [-0.39, 0.29) is 19.1 Å². The van der Waals surface area contributed by atoms with E-state index in [9.17, 15) is 4.79 Å². The quantitative estimate of drug-likeness (QED) is 0.627. The Hall–Kier alpha value is -1.77. The molecule has 0 amide bonds. The molecule has 0 unspecified atom stereocenters. The fourth-order valence-corrected chi connectivity index (χ4v) is 1.51. The van der Waals surface area contributed by atoms with Gasteiger partial charge in [0.25, 0.3) is 0 Å². The second-order valence-electron chi connectivity index (χ2n) is 4.24. The van der Waals surface area contributed by atoms with E-state index in [1.54, 1.807) is 0 Å². The van der Waals surface area contributed by atoms with Crippen molar-refractivity contribution < 1.29 is 9.53 Å². The summed E-state index contributed by atoms with van der Waals surface area (Å²) in [5, 5.41) is 3.10. The third kappa shape index (κ3) is 4.31. The molecule has 17 heavy (non-hydrogen) atoms. The number of nitrogens with one attached hydrogen (secondary N) is 1. The minimum Gasteiger partial charge on any atom is -0.460 e. The molecule has 3 nitrogen and oxygen atoms in total. The molecule has 0 aliphatic heterocycles. The van der Waals surface area contributed by atoms with Crippen molar-refractivity contribution in [2.75, 3.05) is 18.5 Å². The van der Waals surface area contributed by atoms with Crippen LogP contribution in [-0.2, 0) is 9.53 Å². The van der Waals surface area contributed by atoms with Gasteiger partial charge in [0.05, 0.1) is 0 Å². The van der Waals surface area contributed by atoms with E-state index < -0.39 is 0 Å². The van der Waals surface area contributed by atoms with Crippen molar-refractivity contribution in [1.82, 2.24) is 0 Å². The molecule has 0 atom stereocenters. The Kier molecular flexibility index (Phi) is 4.76. The number of hydrogen-bond donors (Lipinski definition) is 1. The molecular weight excluding hydrogens is 214 g/mol. The Bertz CT molecular complexity index is 404. The summed E-state index contributed by atoms with van der Waals surface area (Å²) >= 11 is 0. The first-order valence-electron chi connectivity index (χ1n) is 5.61. The highest BCUT2D eigenvalue weighted by molar-refractivity contribution is 5.76. The molecule has 3 heteroatoms. The maximum Gasteiger partial charge on any atom is 0.325 e. The van der Waals surface area contributed by atoms with Crippen LogP contribution in [0.15, 0.2) is 30.4 Å². The van der Waals surface area contributed by atoms with E-state index in [4.69, 9.17) is 4.74 Å². The molecule has 0 spiro atoms. The standard InChI is InChI=1S/C14H19NO2/c1-10(2)9-17-13(16)8-15-14-11(3)6-5-7-12(14)4/h5-7,15H,1,8-9H2,2-4H3. The van der Waals surface area contributed by atoms with Gasteiger partial charge >= 0.3 is 5.97 Å². The van der Waals surface area contributed by atoms with Crippen LogP contribution in [0.3, 0.4) is 0 Å². The third-order valence-corrected chi connectivity index (χ3v) is 2.37. The van der Waals surface area contributed by atoms with Gasteiger partial charge in [-0.2, -0.15) is 0 Å². The average molecular weight is 233 g/mol. The van der Waals surface area contributed by atoms with Gasteiger partial charge in [0.2, 0.25) is 0 Å². The Balaban J connectivity index is 2.50. The first-order chi connectivity index (χ1) is 8.00. The molecule has 1 aromatic carbocycles. The first kappa shape index (κ1) is 13.3. The minimum absolute atomic E-state index is 0.180. The second-order valence-corrected chi connectivity index (χ2v) is 4.24. The van der Waals surface area contributed by atoms with Crippen molar-refractivity contribution >= 4 is 11.7 Å². The number of anilines is 1. The van der Waals surface area contributed by atoms with Gasteiger partial charge in [-0.15, -0.1) is 0 Å². The van der Waals surface area contributed by atoms with Crippen LogP contribution in [0.5, 0.6) is 0 Å². The van der Waals surface area contributed by atoms with Crippen LogP contribution in [0.2, 0.25) is 0 Å². The number of aryl methyl sites for hydroxylation is 2. The van der Waals surface area contributed by atoms with E-state index in [0.717, 1.165) is 22.4 Å². The fraction of sp³-hybridized carbons (Fsp3) is 0.357. The number of ether oxygens (including phenoxy) is 1. The zero-order valence-electron chi connectivity index (χ0n) is 10.7. The molecule has 0 aromatic heterocycles. The zero-order valence-corrected chi connectivity index (χ0v) is 10.7. The summed E-state index contributed by atoms with van der Waals surface area (Å²) in [6, 6.07) is 6.01. The molecular formula is C14H19NO2. The van der Waals surface area contributed by atoms with Crippen molar-refractivity contribution in [3.63, 3.8) is 0 Å². The number of rotatable bonds is 5. The Morgan fingerprint density at radius 3 is 2.47 bits per heavy atom. The van der Waals surface area contributed by atoms with Crippen LogP contribution >= 0.6 is 0 Å². The predicted octanol–water partition coefficient (Wildman–Crippen LogP) is 2.83. The van der Waals surface area contributed by atoms with E-state index in [1.165, 1.54) is 0 Å². The number of para-hydroxylation sites is 1. The van der Waals surface area contributed by atoms with Gasteiger partial charge in [0.15, 0.2) is 0 Å². The lowest BCUT2D eigenvalue weighted by Crippen LogP contribution is -2.18. The molecule has 0 saturated carbocycles. The maximum absolute atomic E-state index is 11.4. The zero-order chi connectivity index (χ0) is 12.8. The summed E-state index contributed by atoms with van der Waals surface area (Å²) in [7, 11) is 0. The molecule has 1 rings (SSSR count). The monoisotopic (exact) mass is 233 g/mol. The van der Waals surface area contributed by atoms with Gasteiger partial charge in [-0.3, -0.25) is 4.79 Å². The van der Waals surface area contributed by atoms with Gasteiger partial charge in [-0.1, -0.05) is 24.8 Å². The van der Waals surface area contributed by atoms with Crippen molar-refractivity contribution in [1.29, 1.82) is 0 Å². The molecule has 0 bridgehead atoms. The molecule has 0 aliphatic rings. The minimum atomic E-state index is -0.268. The molecule has 1 N–H and O–H groups in total. The summed E-state index contributed by atoms with van der Waals surface area (Å²) in [6.45, 7) is 9.98. The lowest BCUT2D eigenvalue weighted by atomic mass is 10.1. The van der Waals surface area contributed by atoms with Crippen LogP contribution < -0.4 is 5.32 Å². The largest absolute Gasteiger partial charge is 0.460 e. The van der Waals surface area contributed by atoms with Gasteiger partial charge < -0.3 is 10.1 Å². The predicted molar refractivity (Wildman–Crippen MR) is 70.2 cm³/mol. The number of benzene rings is 1. The third-order valence-electron chi connectivity index (χ3n) is 2.37. The van der Waals surface area contributed by atoms with Crippen LogP contribution in [0.1, 0.15) is 18.1 Å². The molecule has 0 saturated heterocycles. The van der Waals surface area contributed by atoms with Crippen LogP contribution in [0.4, 0.5) is 5.69 Å². The van der Waals surface area contributed by atoms with Crippen molar-refractivity contribution in [2.45, 2.75) is 20.8 Å². The Morgan fingerprint density at radius 1 is 1.35 bits per heavy atom. The smallest absolute Gasteiger partial charge is 0.325 e. The van der Waals surface area contributed by atoms with E-state index in [2.05, 4.69) is 11.9 Å². The van der Waals surface area contributed by atoms with Crippen LogP contribution in [-0.4, -0.2) is 19.1 Å². The fourth-order valence-electron chi connectivity index (χ4n) is 1.51. The van der Waals surface area contributed by atoms with E-state index >= 15 is 0 Å². The summed E-state index contributed by atoms with van der Waals surface area (Å²) in [5.74, 6) is -0.268. The molecule has 0 heterocycles. The molecule has 0 fully saturated rings. The van der Waals surface area contributed by atoms with Crippen molar-refractivity contribution in [3.05, 3.63) is 41.5 Å². The highest BCUT2D eigenvalue weighted by Crippen LogP contribution is 2.18. The normalized spacial score (nSPS) is 9.82. The SMILES string of the molecule is C=C(C)COC(=O)CNc1c(C)cccc1C. The number of carbonyl (C=O) groups excluding carboxylic acids is 1. The number of carbonyl (C=O) groups is 1. The summed E-state index contributed by atoms with van der Waals surface area (Å²) < 4.78 is 5.00. The van der Waals surface area contributed by atoms with Gasteiger partial charge in [0, 0.05) is 5.69 Å². The summed E-state index contributed by atoms with van der Waals surface area (Å²) in [6.07, 6.45) is 0. The maximum atomic E-state index is 11.4. The molecule has 92 valence electrons.